The van der Waals surface area contributed by atoms with Gasteiger partial charge < -0.3 is 33.8 Å². The average Bonchev–Trinajstić information content (AvgIpc) is 3.60. The molecule has 2 unspecified atom stereocenters. The number of carbonyl (C=O) groups is 4. The zero-order chi connectivity index (χ0) is 66.6. The van der Waals surface area contributed by atoms with Gasteiger partial charge in [-0.15, -0.1) is 0 Å². The Morgan fingerprint density at radius 3 is 0.756 bits per heavy atom. The Hall–Kier alpha value is -1.94. The van der Waals surface area contributed by atoms with Crippen LogP contribution < -0.4 is 0 Å². The molecule has 0 fully saturated rings. The first-order valence-electron chi connectivity index (χ1n) is 36.8. The van der Waals surface area contributed by atoms with E-state index < -0.39 is 97.5 Å². The van der Waals surface area contributed by atoms with Crippen LogP contribution in [0.4, 0.5) is 0 Å². The van der Waals surface area contributed by atoms with Crippen molar-refractivity contribution < 1.29 is 80.2 Å². The number of aliphatic hydroxyl groups is 1. The Morgan fingerprint density at radius 1 is 0.300 bits per heavy atom. The van der Waals surface area contributed by atoms with E-state index in [0.717, 1.165) is 108 Å². The summed E-state index contributed by atoms with van der Waals surface area (Å²) < 4.78 is 68.3. The Bertz CT molecular complexity index is 1770. The fourth-order valence-corrected chi connectivity index (χ4v) is 12.3. The molecule has 3 N–H and O–H groups in total. The molecule has 0 amide bonds. The van der Waals surface area contributed by atoms with Gasteiger partial charge in [-0.25, -0.2) is 9.13 Å². The summed E-state index contributed by atoms with van der Waals surface area (Å²) in [4.78, 5) is 72.6. The number of hydrogen-bond donors (Lipinski definition) is 3. The number of esters is 4. The Balaban J connectivity index is 5.24. The number of aliphatic hydroxyl groups excluding tert-OH is 1. The molecule has 0 aromatic heterocycles. The van der Waals surface area contributed by atoms with Gasteiger partial charge in [0.15, 0.2) is 12.2 Å². The monoisotopic (exact) mass is 1320 g/mol. The summed E-state index contributed by atoms with van der Waals surface area (Å²) in [7, 11) is -9.90. The van der Waals surface area contributed by atoms with E-state index in [0.29, 0.717) is 31.6 Å². The number of carbonyl (C=O) groups excluding carboxylic acids is 4. The molecule has 0 aromatic rings. The Kier molecular flexibility index (Phi) is 60.6. The summed E-state index contributed by atoms with van der Waals surface area (Å²) >= 11 is 0. The van der Waals surface area contributed by atoms with Gasteiger partial charge in [-0.2, -0.15) is 0 Å². The minimum Gasteiger partial charge on any atom is -0.462 e. The average molecular weight is 1330 g/mol. The highest BCUT2D eigenvalue weighted by atomic mass is 31.2. The first kappa shape index (κ1) is 88.1. The summed E-state index contributed by atoms with van der Waals surface area (Å²) in [5, 5.41) is 10.6. The van der Waals surface area contributed by atoms with Crippen LogP contribution in [0.15, 0.2) is 0 Å². The Morgan fingerprint density at radius 2 is 0.511 bits per heavy atom. The molecule has 0 aromatic carbocycles. The van der Waals surface area contributed by atoms with Crippen molar-refractivity contribution in [2.24, 2.45) is 17.8 Å². The van der Waals surface area contributed by atoms with Crippen molar-refractivity contribution >= 4 is 39.5 Å². The maximum atomic E-state index is 13.0. The van der Waals surface area contributed by atoms with Crippen LogP contribution >= 0.6 is 15.6 Å². The molecule has 0 saturated heterocycles. The third-order valence-electron chi connectivity index (χ3n) is 16.4. The molecule has 5 atom stereocenters. The molecule has 0 spiro atoms. The second kappa shape index (κ2) is 61.9. The smallest absolute Gasteiger partial charge is 0.462 e. The Labute approximate surface area is 549 Å². The van der Waals surface area contributed by atoms with Crippen LogP contribution in [0.3, 0.4) is 0 Å². The maximum absolute atomic E-state index is 13.0. The molecule has 0 saturated carbocycles. The van der Waals surface area contributed by atoms with Crippen molar-refractivity contribution in [1.82, 2.24) is 0 Å². The molecule has 0 aliphatic heterocycles. The van der Waals surface area contributed by atoms with E-state index in [4.69, 9.17) is 37.0 Å². The van der Waals surface area contributed by atoms with E-state index in [1.807, 2.05) is 0 Å². The summed E-state index contributed by atoms with van der Waals surface area (Å²) in [5.74, 6) is 0.0478. The topological polar surface area (TPSA) is 237 Å². The highest BCUT2D eigenvalue weighted by molar-refractivity contribution is 7.47. The third kappa shape index (κ3) is 64.8. The normalized spacial score (nSPS) is 14.2. The first-order valence-corrected chi connectivity index (χ1v) is 39.8. The number of phosphoric ester groups is 2. The lowest BCUT2D eigenvalue weighted by Crippen LogP contribution is -2.30. The van der Waals surface area contributed by atoms with Crippen LogP contribution in [0.5, 0.6) is 0 Å². The standard InChI is InChI=1S/C71H138O17P2/c1-8-9-10-11-12-13-14-15-16-17-18-19-26-31-40-47-54-70(75)87-66(58-81-68(73)52-45-38-30-25-21-20-23-28-35-42-49-62(2)3)60-85-89(77,78)83-56-65(72)57-84-90(79,80)86-61-67(59-82-69(74)53-46-39-34-33-37-44-51-64(6)7)88-71(76)55-48-41-32-27-22-24-29-36-43-50-63(4)5/h62-67,72H,8-61H2,1-7H3,(H,77,78)(H,79,80)/t65-,66-,67-/m1/s1. The van der Waals surface area contributed by atoms with Crippen molar-refractivity contribution in [1.29, 1.82) is 0 Å². The van der Waals surface area contributed by atoms with Gasteiger partial charge in [0.1, 0.15) is 19.3 Å². The van der Waals surface area contributed by atoms with E-state index in [9.17, 15) is 43.2 Å². The van der Waals surface area contributed by atoms with Gasteiger partial charge in [0.05, 0.1) is 26.4 Å². The van der Waals surface area contributed by atoms with Gasteiger partial charge in [-0.3, -0.25) is 37.3 Å². The van der Waals surface area contributed by atoms with Crippen molar-refractivity contribution in [3.05, 3.63) is 0 Å². The van der Waals surface area contributed by atoms with Crippen molar-refractivity contribution in [2.75, 3.05) is 39.6 Å². The van der Waals surface area contributed by atoms with E-state index in [-0.39, 0.29) is 25.7 Å². The fraction of sp³-hybridized carbons (Fsp3) is 0.944. The van der Waals surface area contributed by atoms with Crippen LogP contribution in [0, 0.1) is 17.8 Å². The zero-order valence-corrected chi connectivity index (χ0v) is 60.4. The van der Waals surface area contributed by atoms with Crippen molar-refractivity contribution in [2.45, 2.75) is 375 Å². The van der Waals surface area contributed by atoms with Gasteiger partial charge in [-0.05, 0) is 43.4 Å². The minimum atomic E-state index is -4.95. The summed E-state index contributed by atoms with van der Waals surface area (Å²) in [6.07, 6.45) is 46.0. The number of hydrogen-bond acceptors (Lipinski definition) is 15. The van der Waals surface area contributed by atoms with E-state index in [2.05, 4.69) is 48.5 Å². The van der Waals surface area contributed by atoms with Crippen LogP contribution in [-0.4, -0.2) is 96.7 Å². The molecule has 0 bridgehead atoms. The van der Waals surface area contributed by atoms with Gasteiger partial charge in [0.2, 0.25) is 0 Å². The molecule has 534 valence electrons. The second-order valence-electron chi connectivity index (χ2n) is 27.1. The number of unbranched alkanes of at least 4 members (excludes halogenated alkanes) is 37. The number of phosphoric acid groups is 2. The molecule has 90 heavy (non-hydrogen) atoms. The number of ether oxygens (including phenoxy) is 4. The molecule has 19 heteroatoms. The predicted octanol–water partition coefficient (Wildman–Crippen LogP) is 20.2. The molecule has 0 radical (unpaired) electrons. The van der Waals surface area contributed by atoms with E-state index in [1.165, 1.54) is 161 Å². The molecule has 0 aliphatic carbocycles. The highest BCUT2D eigenvalue weighted by Crippen LogP contribution is 2.45. The molecule has 17 nitrogen and oxygen atoms in total. The lowest BCUT2D eigenvalue weighted by atomic mass is 10.0. The van der Waals surface area contributed by atoms with E-state index >= 15 is 0 Å². The van der Waals surface area contributed by atoms with Gasteiger partial charge in [-0.1, -0.05) is 305 Å². The summed E-state index contributed by atoms with van der Waals surface area (Å²) in [6, 6.07) is 0. The zero-order valence-electron chi connectivity index (χ0n) is 58.6. The molecular weight excluding hydrogens is 1190 g/mol. The minimum absolute atomic E-state index is 0.104. The van der Waals surface area contributed by atoms with Gasteiger partial charge in [0.25, 0.3) is 0 Å². The SMILES string of the molecule is CCCCCCCCCCCCCCCCCCC(=O)O[C@H](COC(=O)CCCCCCCCCCCCC(C)C)COP(=O)(O)OC[C@@H](O)COP(=O)(O)OC[C@@H](COC(=O)CCCCCCCCC(C)C)OC(=O)CCCCCCCCCCCC(C)C. The van der Waals surface area contributed by atoms with Crippen molar-refractivity contribution in [3.63, 3.8) is 0 Å². The van der Waals surface area contributed by atoms with Crippen LogP contribution in [-0.2, 0) is 65.4 Å². The largest absolute Gasteiger partial charge is 0.472 e. The first-order chi connectivity index (χ1) is 43.2. The summed E-state index contributed by atoms with van der Waals surface area (Å²) in [5.41, 5.74) is 0. The fourth-order valence-electron chi connectivity index (χ4n) is 10.7. The van der Waals surface area contributed by atoms with Crippen molar-refractivity contribution in [3.8, 4) is 0 Å². The molecular formula is C71H138O17P2. The van der Waals surface area contributed by atoms with E-state index in [1.54, 1.807) is 0 Å². The van der Waals surface area contributed by atoms with Crippen LogP contribution in [0.2, 0.25) is 0 Å². The molecule has 0 aliphatic rings. The maximum Gasteiger partial charge on any atom is 0.472 e. The predicted molar refractivity (Wildman–Crippen MR) is 363 cm³/mol. The second-order valence-corrected chi connectivity index (χ2v) is 30.0. The van der Waals surface area contributed by atoms with Gasteiger partial charge in [0, 0.05) is 25.7 Å². The third-order valence-corrected chi connectivity index (χ3v) is 18.3. The quantitative estimate of drug-likeness (QED) is 0.0222. The lowest BCUT2D eigenvalue weighted by Gasteiger charge is -2.21. The number of rotatable bonds is 69. The van der Waals surface area contributed by atoms with Crippen LogP contribution in [0.25, 0.3) is 0 Å². The molecule has 0 heterocycles. The van der Waals surface area contributed by atoms with Gasteiger partial charge >= 0.3 is 39.5 Å². The lowest BCUT2D eigenvalue weighted by molar-refractivity contribution is -0.161. The molecule has 0 rings (SSSR count). The van der Waals surface area contributed by atoms with Crippen LogP contribution in [0.1, 0.15) is 357 Å². The highest BCUT2D eigenvalue weighted by Gasteiger charge is 2.30. The summed E-state index contributed by atoms with van der Waals surface area (Å²) in [6.45, 7) is 11.7.